The summed E-state index contributed by atoms with van der Waals surface area (Å²) < 4.78 is 0. The summed E-state index contributed by atoms with van der Waals surface area (Å²) in [5.74, 6) is 0.966. The number of benzene rings is 1. The highest BCUT2D eigenvalue weighted by Gasteiger charge is 2.20. The molecular weight excluding hydrogens is 210 g/mol. The van der Waals surface area contributed by atoms with Crippen molar-refractivity contribution in [3.63, 3.8) is 0 Å². The van der Waals surface area contributed by atoms with Gasteiger partial charge in [-0.2, -0.15) is 0 Å². The lowest BCUT2D eigenvalue weighted by Crippen LogP contribution is -2.44. The fraction of sp³-hybridized carbons (Fsp3) is 0.357. The van der Waals surface area contributed by atoms with Gasteiger partial charge in [0, 0.05) is 24.4 Å². The van der Waals surface area contributed by atoms with Gasteiger partial charge in [-0.25, -0.2) is 4.99 Å². The van der Waals surface area contributed by atoms with Gasteiger partial charge in [-0.3, -0.25) is 0 Å². The van der Waals surface area contributed by atoms with Crippen LogP contribution in [0.3, 0.4) is 0 Å². The zero-order chi connectivity index (χ0) is 11.7. The van der Waals surface area contributed by atoms with E-state index < -0.39 is 0 Å². The first-order valence-electron chi connectivity index (χ1n) is 6.23. The van der Waals surface area contributed by atoms with Crippen LogP contribution in [-0.4, -0.2) is 23.9 Å². The zero-order valence-electron chi connectivity index (χ0n) is 9.95. The Morgan fingerprint density at radius 3 is 2.71 bits per heavy atom. The van der Waals surface area contributed by atoms with Gasteiger partial charge in [-0.15, -0.1) is 0 Å². The van der Waals surface area contributed by atoms with Gasteiger partial charge in [-0.1, -0.05) is 24.8 Å². The standard InChI is InChI=1S/C14H17N3/c1-11-12-7-3-4-8-13(12)16-14(15-11)17-9-5-2-6-10-17/h3-4,7-8H,1-2,5-6,9-10H2,(H,15,16). The Kier molecular flexibility index (Phi) is 2.59. The van der Waals surface area contributed by atoms with Gasteiger partial charge in [0.1, 0.15) is 0 Å². The van der Waals surface area contributed by atoms with E-state index in [2.05, 4.69) is 22.9 Å². The molecule has 1 aromatic rings. The van der Waals surface area contributed by atoms with Crippen LogP contribution in [0.2, 0.25) is 0 Å². The molecule has 0 amide bonds. The summed E-state index contributed by atoms with van der Waals surface area (Å²) in [7, 11) is 0. The Bertz CT molecular complexity index is 470. The number of para-hydroxylation sites is 1. The highest BCUT2D eigenvalue weighted by Crippen LogP contribution is 2.28. The van der Waals surface area contributed by atoms with E-state index in [1.165, 1.54) is 19.3 Å². The highest BCUT2D eigenvalue weighted by molar-refractivity contribution is 5.96. The van der Waals surface area contributed by atoms with Gasteiger partial charge in [0.15, 0.2) is 0 Å². The summed E-state index contributed by atoms with van der Waals surface area (Å²) in [6, 6.07) is 8.15. The van der Waals surface area contributed by atoms with Crippen LogP contribution >= 0.6 is 0 Å². The van der Waals surface area contributed by atoms with E-state index in [-0.39, 0.29) is 0 Å². The second kappa shape index (κ2) is 4.24. The SMILES string of the molecule is C=C1NC(N2CCCCC2)=Nc2ccccc21. The molecule has 2 heterocycles. The summed E-state index contributed by atoms with van der Waals surface area (Å²) >= 11 is 0. The van der Waals surface area contributed by atoms with Crippen LogP contribution in [0.25, 0.3) is 5.70 Å². The molecule has 1 N–H and O–H groups in total. The smallest absolute Gasteiger partial charge is 0.203 e. The molecule has 0 saturated carbocycles. The summed E-state index contributed by atoms with van der Waals surface area (Å²) in [5.41, 5.74) is 3.08. The molecule has 1 fully saturated rings. The van der Waals surface area contributed by atoms with E-state index in [9.17, 15) is 0 Å². The van der Waals surface area contributed by atoms with Crippen molar-refractivity contribution in [1.29, 1.82) is 0 Å². The maximum Gasteiger partial charge on any atom is 0.203 e. The number of hydrogen-bond acceptors (Lipinski definition) is 3. The average molecular weight is 227 g/mol. The van der Waals surface area contributed by atoms with Crippen molar-refractivity contribution in [2.75, 3.05) is 13.1 Å². The lowest BCUT2D eigenvalue weighted by Gasteiger charge is -2.32. The van der Waals surface area contributed by atoms with Gasteiger partial charge in [0.2, 0.25) is 5.96 Å². The number of rotatable bonds is 0. The van der Waals surface area contributed by atoms with Crippen molar-refractivity contribution in [2.45, 2.75) is 19.3 Å². The van der Waals surface area contributed by atoms with Crippen LogP contribution in [-0.2, 0) is 0 Å². The van der Waals surface area contributed by atoms with E-state index >= 15 is 0 Å². The van der Waals surface area contributed by atoms with Crippen LogP contribution in [0.1, 0.15) is 24.8 Å². The number of aliphatic imine (C=N–C) groups is 1. The first-order chi connectivity index (χ1) is 8.34. The molecule has 0 aliphatic carbocycles. The molecule has 0 spiro atoms. The maximum atomic E-state index is 4.69. The fourth-order valence-corrected chi connectivity index (χ4v) is 2.43. The highest BCUT2D eigenvalue weighted by atomic mass is 15.3. The van der Waals surface area contributed by atoms with Crippen molar-refractivity contribution < 1.29 is 0 Å². The number of likely N-dealkylation sites (tertiary alicyclic amines) is 1. The third-order valence-corrected chi connectivity index (χ3v) is 3.37. The molecule has 0 aromatic heterocycles. The molecule has 0 radical (unpaired) electrons. The van der Waals surface area contributed by atoms with E-state index in [0.29, 0.717) is 0 Å². The molecule has 1 saturated heterocycles. The minimum absolute atomic E-state index is 0.955. The van der Waals surface area contributed by atoms with Crippen LogP contribution in [0.5, 0.6) is 0 Å². The Balaban J connectivity index is 1.93. The predicted molar refractivity (Wildman–Crippen MR) is 71.1 cm³/mol. The molecule has 3 heteroatoms. The zero-order valence-corrected chi connectivity index (χ0v) is 9.95. The molecule has 0 unspecified atom stereocenters. The third kappa shape index (κ3) is 1.93. The van der Waals surface area contributed by atoms with Crippen molar-refractivity contribution in [3.05, 3.63) is 36.4 Å². The minimum atomic E-state index is 0.955. The monoisotopic (exact) mass is 227 g/mol. The van der Waals surface area contributed by atoms with Crippen molar-refractivity contribution in [2.24, 2.45) is 4.99 Å². The number of nitrogens with one attached hydrogen (secondary N) is 1. The number of nitrogens with zero attached hydrogens (tertiary/aromatic N) is 2. The number of guanidine groups is 1. The predicted octanol–water partition coefficient (Wildman–Crippen LogP) is 2.73. The number of hydrogen-bond donors (Lipinski definition) is 1. The number of piperidine rings is 1. The molecule has 0 atom stereocenters. The van der Waals surface area contributed by atoms with Gasteiger partial charge < -0.3 is 10.2 Å². The molecule has 88 valence electrons. The molecule has 1 aromatic carbocycles. The van der Waals surface area contributed by atoms with E-state index in [4.69, 9.17) is 4.99 Å². The fourth-order valence-electron chi connectivity index (χ4n) is 2.43. The number of fused-ring (bicyclic) bond motifs is 1. The first kappa shape index (κ1) is 10.4. The third-order valence-electron chi connectivity index (χ3n) is 3.37. The van der Waals surface area contributed by atoms with Crippen molar-refractivity contribution >= 4 is 17.3 Å². The van der Waals surface area contributed by atoms with Crippen LogP contribution in [0, 0.1) is 0 Å². The van der Waals surface area contributed by atoms with Crippen molar-refractivity contribution in [3.8, 4) is 0 Å². The molecule has 2 aliphatic rings. The topological polar surface area (TPSA) is 27.6 Å². The second-order valence-electron chi connectivity index (χ2n) is 4.60. The van der Waals surface area contributed by atoms with Crippen LogP contribution < -0.4 is 5.32 Å². The quantitative estimate of drug-likeness (QED) is 0.738. The van der Waals surface area contributed by atoms with Crippen LogP contribution in [0.15, 0.2) is 35.8 Å². The molecule has 3 nitrogen and oxygen atoms in total. The Hall–Kier alpha value is -1.77. The van der Waals surface area contributed by atoms with Crippen molar-refractivity contribution in [1.82, 2.24) is 10.2 Å². The lowest BCUT2D eigenvalue weighted by molar-refractivity contribution is 0.335. The van der Waals surface area contributed by atoms with E-state index in [1.807, 2.05) is 18.2 Å². The Morgan fingerprint density at radius 2 is 1.88 bits per heavy atom. The summed E-state index contributed by atoms with van der Waals surface area (Å²) in [5, 5.41) is 3.32. The van der Waals surface area contributed by atoms with Gasteiger partial charge in [-0.05, 0) is 25.3 Å². The first-order valence-corrected chi connectivity index (χ1v) is 6.23. The molecule has 0 bridgehead atoms. The largest absolute Gasteiger partial charge is 0.342 e. The Morgan fingerprint density at radius 1 is 1.12 bits per heavy atom. The summed E-state index contributed by atoms with van der Waals surface area (Å²) in [6.45, 7) is 6.28. The maximum absolute atomic E-state index is 4.69. The Labute approximate surface area is 102 Å². The van der Waals surface area contributed by atoms with Gasteiger partial charge >= 0.3 is 0 Å². The van der Waals surface area contributed by atoms with E-state index in [1.54, 1.807) is 0 Å². The minimum Gasteiger partial charge on any atom is -0.342 e. The molecule has 2 aliphatic heterocycles. The van der Waals surface area contributed by atoms with Gasteiger partial charge in [0.25, 0.3) is 0 Å². The van der Waals surface area contributed by atoms with Crippen LogP contribution in [0.4, 0.5) is 5.69 Å². The van der Waals surface area contributed by atoms with E-state index in [0.717, 1.165) is 36.0 Å². The molecule has 3 rings (SSSR count). The second-order valence-corrected chi connectivity index (χ2v) is 4.60. The lowest BCUT2D eigenvalue weighted by atomic mass is 10.1. The molecule has 17 heavy (non-hydrogen) atoms. The summed E-state index contributed by atoms with van der Waals surface area (Å²) in [4.78, 5) is 7.01. The molecular formula is C14H17N3. The normalized spacial score (nSPS) is 19.4. The average Bonchev–Trinajstić information content (AvgIpc) is 2.40. The summed E-state index contributed by atoms with van der Waals surface area (Å²) in [6.07, 6.45) is 3.85. The van der Waals surface area contributed by atoms with Gasteiger partial charge in [0.05, 0.1) is 5.69 Å².